The number of hydrogen-bond donors (Lipinski definition) is 14. The zero-order valence-electron chi connectivity index (χ0n) is 25.0. The van der Waals surface area contributed by atoms with Crippen molar-refractivity contribution in [3.63, 3.8) is 0 Å². The van der Waals surface area contributed by atoms with E-state index in [0.717, 1.165) is 0 Å². The zero-order valence-corrected chi connectivity index (χ0v) is 32.9. The van der Waals surface area contributed by atoms with Gasteiger partial charge in [-0.15, -0.1) is 0 Å². The van der Waals surface area contributed by atoms with E-state index < -0.39 is 170 Å². The van der Waals surface area contributed by atoms with Crippen LogP contribution in [0.3, 0.4) is 0 Å². The number of carbonyl (C=O) groups excluding carboxylic acids is 4. The van der Waals surface area contributed by atoms with Crippen molar-refractivity contribution < 1.29 is 142 Å². The molecule has 0 aromatic heterocycles. The second-order valence-corrected chi connectivity index (χ2v) is 11.7. The van der Waals surface area contributed by atoms with E-state index in [4.69, 9.17) is 56.4 Å². The third kappa shape index (κ3) is 10.4. The maximum atomic E-state index is 11.3. The number of aliphatic hydroxyl groups is 14. The molecular weight excluding hydrogens is 992 g/mol. The number of ether oxygens (including phenoxy) is 4. The molecule has 0 fully saturated rings. The van der Waals surface area contributed by atoms with Gasteiger partial charge in [0.05, 0.1) is 13.2 Å². The average molecular weight is 1020 g/mol. The van der Waals surface area contributed by atoms with Crippen LogP contribution in [0.15, 0.2) is 46.1 Å². The Hall–Kier alpha value is -3.24. The Morgan fingerprint density at radius 2 is 0.720 bits per heavy atom. The van der Waals surface area contributed by atoms with Gasteiger partial charge in [0.1, 0.15) is 12.2 Å². The zero-order chi connectivity index (χ0) is 37.3. The Morgan fingerprint density at radius 1 is 0.480 bits per heavy atom. The fraction of sp³-hybridized carbons (Fsp3) is 0.500. The van der Waals surface area contributed by atoms with Gasteiger partial charge in [-0.25, -0.2) is 9.59 Å². The van der Waals surface area contributed by atoms with E-state index in [0.29, 0.717) is 0 Å². The second kappa shape index (κ2) is 20.0. The molecule has 4 rings (SSSR count). The minimum atomic E-state index is -2.74. The van der Waals surface area contributed by atoms with Crippen molar-refractivity contribution >= 4 is 49.0 Å². The maximum absolute atomic E-state index is 11.3. The SMILES string of the molecule is O=C1O[C@H]([C@@H](O)CO)C(O)=C1O.O=C1O[C@H]([C@@H](O)CO)C(O)=C1O.O=C1O[C@H]([C@@H](O)CO)C([O][Pb][O]C2=C(O)C(=O)O[C@@H]2[C@@H](O)CO)=C1O.[Cd]. The number of aliphatic hydroxyl groups excluding tert-OH is 14. The monoisotopic (exact) mass is 1020 g/mol. The van der Waals surface area contributed by atoms with Gasteiger partial charge in [0.25, 0.3) is 0 Å². The van der Waals surface area contributed by atoms with Crippen LogP contribution in [-0.4, -0.2) is 196 Å². The molecule has 0 bridgehead atoms. The van der Waals surface area contributed by atoms with E-state index in [9.17, 15) is 39.6 Å². The van der Waals surface area contributed by atoms with Gasteiger partial charge in [-0.1, -0.05) is 0 Å². The van der Waals surface area contributed by atoms with Crippen molar-refractivity contribution in [1.82, 2.24) is 0 Å². The van der Waals surface area contributed by atoms with E-state index >= 15 is 0 Å². The van der Waals surface area contributed by atoms with Crippen LogP contribution in [0, 0.1) is 0 Å². The predicted molar refractivity (Wildman–Crippen MR) is 144 cm³/mol. The molecule has 0 spiro atoms. The van der Waals surface area contributed by atoms with E-state index in [1.165, 1.54) is 0 Å². The van der Waals surface area contributed by atoms with Gasteiger partial charge < -0.3 is 50.3 Å². The fourth-order valence-corrected chi connectivity index (χ4v) is 6.10. The Morgan fingerprint density at radius 3 is 0.960 bits per heavy atom. The maximum Gasteiger partial charge on any atom is 0 e. The summed E-state index contributed by atoms with van der Waals surface area (Å²) in [7, 11) is 0. The molecule has 0 saturated heterocycles. The summed E-state index contributed by atoms with van der Waals surface area (Å²) in [4.78, 5) is 43.7. The summed E-state index contributed by atoms with van der Waals surface area (Å²) in [6.07, 6.45) is -11.5. The van der Waals surface area contributed by atoms with Crippen molar-refractivity contribution in [1.29, 1.82) is 0 Å². The van der Waals surface area contributed by atoms with Gasteiger partial charge in [-0.05, 0) is 0 Å². The molecule has 4 aliphatic rings. The number of carbonyl (C=O) groups is 4. The van der Waals surface area contributed by atoms with Crippen molar-refractivity contribution in [3.8, 4) is 0 Å². The first-order valence-electron chi connectivity index (χ1n) is 13.2. The number of rotatable bonds is 12. The molecule has 14 N–H and O–H groups in total. The molecule has 26 heteroatoms. The Balaban J connectivity index is 0.000000418. The van der Waals surface area contributed by atoms with Crippen molar-refractivity contribution in [2.75, 3.05) is 26.4 Å². The fourth-order valence-electron chi connectivity index (χ4n) is 3.59. The van der Waals surface area contributed by atoms with Crippen molar-refractivity contribution in [2.24, 2.45) is 0 Å². The van der Waals surface area contributed by atoms with E-state index in [1.54, 1.807) is 0 Å². The Kier molecular flexibility index (Phi) is 17.9. The summed E-state index contributed by atoms with van der Waals surface area (Å²) in [6, 6.07) is 0. The van der Waals surface area contributed by atoms with Gasteiger partial charge in [0.15, 0.2) is 23.7 Å². The summed E-state index contributed by atoms with van der Waals surface area (Å²) in [5.74, 6) is -10.6. The Bertz CT molecular complexity index is 1290. The molecule has 8 atom stereocenters. The molecule has 0 aromatic rings. The molecule has 0 saturated carbocycles. The quantitative estimate of drug-likeness (QED) is 0.0491. The first kappa shape index (κ1) is 44.8. The van der Waals surface area contributed by atoms with Crippen LogP contribution >= 0.6 is 0 Å². The molecule has 0 unspecified atom stereocenters. The van der Waals surface area contributed by atoms with Gasteiger partial charge in [-0.2, -0.15) is 0 Å². The molecule has 24 nitrogen and oxygen atoms in total. The number of esters is 4. The van der Waals surface area contributed by atoms with Crippen LogP contribution in [0.1, 0.15) is 0 Å². The molecule has 0 aromatic carbocycles. The smallest absolute Gasteiger partial charge is 0 e. The van der Waals surface area contributed by atoms with E-state index in [2.05, 4.69) is 18.9 Å². The minimum Gasteiger partial charge on any atom is 0 e. The van der Waals surface area contributed by atoms with Crippen LogP contribution in [0.4, 0.5) is 0 Å². The van der Waals surface area contributed by atoms with Crippen LogP contribution < -0.4 is 0 Å². The average Bonchev–Trinajstić information content (AvgIpc) is 3.73. The Labute approximate surface area is 311 Å². The summed E-state index contributed by atoms with van der Waals surface area (Å²) < 4.78 is 28.2. The predicted octanol–water partition coefficient (Wildman–Crippen LogP) is -6.17. The largest absolute Gasteiger partial charge is 0 e. The molecule has 2 radical (unpaired) electrons. The van der Waals surface area contributed by atoms with Crippen LogP contribution in [0.5, 0.6) is 0 Å². The molecule has 4 heterocycles. The number of cyclic esters (lactones) is 4. The topological polar surface area (TPSA) is 407 Å². The molecule has 0 amide bonds. The summed E-state index contributed by atoms with van der Waals surface area (Å²) in [6.45, 7) is -2.89. The van der Waals surface area contributed by atoms with Crippen molar-refractivity contribution in [3.05, 3.63) is 46.1 Å². The van der Waals surface area contributed by atoms with Gasteiger partial charge >= 0.3 is 165 Å². The first-order chi connectivity index (χ1) is 23.0. The molecule has 0 aliphatic carbocycles. The molecule has 276 valence electrons. The summed E-state index contributed by atoms with van der Waals surface area (Å²) in [5.41, 5.74) is 0. The normalized spacial score (nSPS) is 25.3. The summed E-state index contributed by atoms with van der Waals surface area (Å²) in [5, 5.41) is 126. The van der Waals surface area contributed by atoms with Gasteiger partial charge in [0, 0.05) is 27.3 Å². The molecule has 4 aliphatic heterocycles. The van der Waals surface area contributed by atoms with Crippen LogP contribution in [0.25, 0.3) is 0 Å². The van der Waals surface area contributed by atoms with Crippen LogP contribution in [0.2, 0.25) is 0 Å². The molecule has 50 heavy (non-hydrogen) atoms. The minimum absolute atomic E-state index is 0. The van der Waals surface area contributed by atoms with Gasteiger partial charge in [-0.3, -0.25) is 0 Å². The third-order valence-electron chi connectivity index (χ3n) is 6.17. The summed E-state index contributed by atoms with van der Waals surface area (Å²) >= 11 is -2.74. The number of hydrogen-bond acceptors (Lipinski definition) is 24. The van der Waals surface area contributed by atoms with Gasteiger partial charge in [0.2, 0.25) is 11.5 Å². The molecular formula is C24H30CdO24Pb. The van der Waals surface area contributed by atoms with E-state index in [1.807, 2.05) is 0 Å². The van der Waals surface area contributed by atoms with Crippen molar-refractivity contribution in [2.45, 2.75) is 48.8 Å². The van der Waals surface area contributed by atoms with E-state index in [-0.39, 0.29) is 27.3 Å². The second-order valence-electron chi connectivity index (χ2n) is 9.48. The first-order valence-corrected chi connectivity index (χ1v) is 16.3. The third-order valence-corrected chi connectivity index (χ3v) is 8.52. The van der Waals surface area contributed by atoms with Crippen LogP contribution in [-0.2, 0) is 70.8 Å². The standard InChI is InChI=1S/4C6H8O6.Cd.Pb/c4*7-1-2(8)5-3(9)4(10)6(11)12-5;;/h4*2,5,7-10H,1H2;;/q;;;;;+2/p-2/t4*2-,5+;;/m0000../s1.